The van der Waals surface area contributed by atoms with E-state index < -0.39 is 11.2 Å². The minimum absolute atomic E-state index is 0.0565. The summed E-state index contributed by atoms with van der Waals surface area (Å²) < 4.78 is 10.9. The van der Waals surface area contributed by atoms with Gasteiger partial charge in [0, 0.05) is 24.9 Å². The number of hydrogen-bond acceptors (Lipinski definition) is 5. The molecule has 6 nitrogen and oxygen atoms in total. The predicted octanol–water partition coefficient (Wildman–Crippen LogP) is 3.71. The minimum Gasteiger partial charge on any atom is -0.495 e. The summed E-state index contributed by atoms with van der Waals surface area (Å²) in [6.07, 6.45) is 3.37. The summed E-state index contributed by atoms with van der Waals surface area (Å²) >= 11 is 0. The first kappa shape index (κ1) is 19.5. The van der Waals surface area contributed by atoms with E-state index in [1.165, 1.54) is 7.11 Å². The lowest BCUT2D eigenvalue weighted by atomic mass is 9.72. The summed E-state index contributed by atoms with van der Waals surface area (Å²) in [4.78, 5) is 14.6. The van der Waals surface area contributed by atoms with Crippen LogP contribution in [0.4, 0.5) is 4.79 Å². The average Bonchev–Trinajstić information content (AvgIpc) is 2.58. The Morgan fingerprint density at radius 3 is 2.44 bits per heavy atom. The molecule has 2 heterocycles. The third-order valence-electron chi connectivity index (χ3n) is 5.47. The number of fused-ring (bicyclic) bond motifs is 2. The van der Waals surface area contributed by atoms with Gasteiger partial charge < -0.3 is 19.5 Å². The standard InChI is InChI=1S/C21H28N2O4/c1-20(2,3)27-19(24)23-16-6-5-7-17(23)12-21(25,11-16)15-9-8-14(13-22)18(10-15)26-4/h8-10,16-17,25H,5-7,11-12H2,1-4H3. The van der Waals surface area contributed by atoms with E-state index in [9.17, 15) is 15.2 Å². The van der Waals surface area contributed by atoms with Crippen LogP contribution in [0.3, 0.4) is 0 Å². The lowest BCUT2D eigenvalue weighted by molar-refractivity contribution is -0.0965. The van der Waals surface area contributed by atoms with E-state index in [0.29, 0.717) is 24.2 Å². The van der Waals surface area contributed by atoms with Gasteiger partial charge in [-0.05, 0) is 57.7 Å². The fourth-order valence-electron chi connectivity index (χ4n) is 4.35. The molecule has 2 unspecified atom stereocenters. The number of aliphatic hydroxyl groups is 1. The Labute approximate surface area is 160 Å². The number of benzene rings is 1. The van der Waals surface area contributed by atoms with Gasteiger partial charge in [0.25, 0.3) is 0 Å². The number of rotatable bonds is 2. The molecule has 2 fully saturated rings. The van der Waals surface area contributed by atoms with Crippen LogP contribution in [0.1, 0.15) is 64.0 Å². The van der Waals surface area contributed by atoms with Gasteiger partial charge in [-0.2, -0.15) is 5.26 Å². The second-order valence-electron chi connectivity index (χ2n) is 8.59. The average molecular weight is 372 g/mol. The van der Waals surface area contributed by atoms with Gasteiger partial charge in [-0.15, -0.1) is 0 Å². The van der Waals surface area contributed by atoms with E-state index in [1.54, 1.807) is 18.2 Å². The van der Waals surface area contributed by atoms with E-state index in [-0.39, 0.29) is 18.2 Å². The number of ether oxygens (including phenoxy) is 2. The molecule has 1 N–H and O–H groups in total. The zero-order valence-corrected chi connectivity index (χ0v) is 16.5. The van der Waals surface area contributed by atoms with Crippen molar-refractivity contribution < 1.29 is 19.4 Å². The number of hydrogen-bond donors (Lipinski definition) is 1. The molecule has 27 heavy (non-hydrogen) atoms. The number of amides is 1. The van der Waals surface area contributed by atoms with Crippen LogP contribution in [-0.2, 0) is 10.3 Å². The Bertz CT molecular complexity index is 748. The molecule has 146 valence electrons. The van der Waals surface area contributed by atoms with Crippen LogP contribution < -0.4 is 4.74 Å². The normalized spacial score (nSPS) is 27.6. The van der Waals surface area contributed by atoms with Gasteiger partial charge in [0.2, 0.25) is 0 Å². The number of carbonyl (C=O) groups excluding carboxylic acids is 1. The van der Waals surface area contributed by atoms with Crippen LogP contribution in [0.5, 0.6) is 5.75 Å². The quantitative estimate of drug-likeness (QED) is 0.856. The van der Waals surface area contributed by atoms with Gasteiger partial charge in [-0.25, -0.2) is 4.79 Å². The Morgan fingerprint density at radius 1 is 1.30 bits per heavy atom. The maximum atomic E-state index is 12.7. The van der Waals surface area contributed by atoms with Crippen molar-refractivity contribution in [3.8, 4) is 11.8 Å². The van der Waals surface area contributed by atoms with Gasteiger partial charge in [0.15, 0.2) is 0 Å². The van der Waals surface area contributed by atoms with Crippen molar-refractivity contribution in [2.75, 3.05) is 7.11 Å². The molecule has 2 saturated heterocycles. The highest BCUT2D eigenvalue weighted by atomic mass is 16.6. The third-order valence-corrected chi connectivity index (χ3v) is 5.47. The first-order valence-electron chi connectivity index (χ1n) is 9.49. The van der Waals surface area contributed by atoms with Gasteiger partial charge in [-0.3, -0.25) is 0 Å². The lowest BCUT2D eigenvalue weighted by Gasteiger charge is -2.51. The van der Waals surface area contributed by atoms with Crippen molar-refractivity contribution in [2.45, 2.75) is 76.2 Å². The summed E-state index contributed by atoms with van der Waals surface area (Å²) in [6, 6.07) is 7.21. The van der Waals surface area contributed by atoms with E-state index in [1.807, 2.05) is 25.7 Å². The summed E-state index contributed by atoms with van der Waals surface area (Å²) in [5, 5.41) is 20.6. The first-order chi connectivity index (χ1) is 12.7. The van der Waals surface area contributed by atoms with Gasteiger partial charge in [-0.1, -0.05) is 6.07 Å². The fourth-order valence-corrected chi connectivity index (χ4v) is 4.35. The summed E-state index contributed by atoms with van der Waals surface area (Å²) in [5.74, 6) is 0.461. The van der Waals surface area contributed by atoms with Gasteiger partial charge >= 0.3 is 6.09 Å². The monoisotopic (exact) mass is 372 g/mol. The van der Waals surface area contributed by atoms with Crippen molar-refractivity contribution >= 4 is 6.09 Å². The number of carbonyl (C=O) groups is 1. The third kappa shape index (κ3) is 3.89. The molecule has 2 aliphatic heterocycles. The van der Waals surface area contributed by atoms with Gasteiger partial charge in [0.05, 0.1) is 18.3 Å². The molecule has 6 heteroatoms. The zero-order chi connectivity index (χ0) is 19.8. The molecule has 0 radical (unpaired) electrons. The molecule has 0 spiro atoms. The van der Waals surface area contributed by atoms with Crippen LogP contribution in [0.2, 0.25) is 0 Å². The van der Waals surface area contributed by atoms with Gasteiger partial charge in [0.1, 0.15) is 17.4 Å². The van der Waals surface area contributed by atoms with E-state index in [4.69, 9.17) is 9.47 Å². The minimum atomic E-state index is -1.05. The summed E-state index contributed by atoms with van der Waals surface area (Å²) in [6.45, 7) is 5.60. The second-order valence-corrected chi connectivity index (χ2v) is 8.59. The number of methoxy groups -OCH3 is 1. The molecule has 2 bridgehead atoms. The van der Waals surface area contributed by atoms with E-state index >= 15 is 0 Å². The second kappa shape index (κ2) is 7.05. The molecule has 1 amide bonds. The molecule has 0 saturated carbocycles. The molecule has 2 atom stereocenters. The van der Waals surface area contributed by atoms with Crippen molar-refractivity contribution in [2.24, 2.45) is 0 Å². The molecule has 1 aromatic carbocycles. The highest BCUT2D eigenvalue weighted by Crippen LogP contribution is 2.45. The maximum absolute atomic E-state index is 12.7. The Kier molecular flexibility index (Phi) is 5.09. The number of nitrogens with zero attached hydrogens (tertiary/aromatic N) is 2. The SMILES string of the molecule is COc1cc(C2(O)CC3CCCC(C2)N3C(=O)OC(C)(C)C)ccc1C#N. The molecule has 0 aromatic heterocycles. The maximum Gasteiger partial charge on any atom is 0.410 e. The zero-order valence-electron chi connectivity index (χ0n) is 16.5. The van der Waals surface area contributed by atoms with E-state index in [0.717, 1.165) is 24.8 Å². The predicted molar refractivity (Wildman–Crippen MR) is 100 cm³/mol. The Balaban J connectivity index is 1.87. The summed E-state index contributed by atoms with van der Waals surface area (Å²) in [7, 11) is 1.52. The van der Waals surface area contributed by atoms with E-state index in [2.05, 4.69) is 6.07 Å². The highest BCUT2D eigenvalue weighted by molar-refractivity contribution is 5.69. The largest absolute Gasteiger partial charge is 0.495 e. The Morgan fingerprint density at radius 2 is 1.93 bits per heavy atom. The molecular formula is C21H28N2O4. The molecule has 0 aliphatic carbocycles. The number of piperidine rings is 2. The van der Waals surface area contributed by atoms with Crippen molar-refractivity contribution in [3.63, 3.8) is 0 Å². The van der Waals surface area contributed by atoms with Crippen LogP contribution in [0.15, 0.2) is 18.2 Å². The smallest absolute Gasteiger partial charge is 0.410 e. The van der Waals surface area contributed by atoms with Crippen molar-refractivity contribution in [3.05, 3.63) is 29.3 Å². The first-order valence-corrected chi connectivity index (χ1v) is 9.49. The Hall–Kier alpha value is -2.26. The molecular weight excluding hydrogens is 344 g/mol. The highest BCUT2D eigenvalue weighted by Gasteiger charge is 2.49. The molecule has 1 aromatic rings. The lowest BCUT2D eigenvalue weighted by Crippen LogP contribution is -2.59. The van der Waals surface area contributed by atoms with Crippen molar-refractivity contribution in [1.82, 2.24) is 4.90 Å². The van der Waals surface area contributed by atoms with Crippen LogP contribution in [0.25, 0.3) is 0 Å². The fraction of sp³-hybridized carbons (Fsp3) is 0.619. The van der Waals surface area contributed by atoms with Crippen LogP contribution in [0, 0.1) is 11.3 Å². The van der Waals surface area contributed by atoms with Crippen LogP contribution in [-0.4, -0.2) is 40.9 Å². The number of nitriles is 1. The topological polar surface area (TPSA) is 82.8 Å². The van der Waals surface area contributed by atoms with Crippen LogP contribution >= 0.6 is 0 Å². The van der Waals surface area contributed by atoms with Crippen molar-refractivity contribution in [1.29, 1.82) is 5.26 Å². The summed E-state index contributed by atoms with van der Waals surface area (Å²) in [5.41, 5.74) is -0.412. The molecule has 2 aliphatic rings. The molecule has 3 rings (SSSR count).